The lowest BCUT2D eigenvalue weighted by Crippen LogP contribution is -2.48. The maximum atomic E-state index is 12.6. The molecule has 1 heterocycles. The molecule has 0 saturated carbocycles. The van der Waals surface area contributed by atoms with Crippen LogP contribution in [0.25, 0.3) is 0 Å². The zero-order valence-corrected chi connectivity index (χ0v) is 16.0. The largest absolute Gasteiger partial charge is 0.497 e. The Labute approximate surface area is 156 Å². The van der Waals surface area contributed by atoms with E-state index in [2.05, 4.69) is 17.0 Å². The van der Waals surface area contributed by atoms with Crippen molar-refractivity contribution in [3.63, 3.8) is 0 Å². The smallest absolute Gasteiger partial charge is 0.214 e. The molecule has 1 aliphatic rings. The number of piperazine rings is 1. The van der Waals surface area contributed by atoms with Crippen LogP contribution in [-0.2, 0) is 23.0 Å². The second kappa shape index (κ2) is 8.66. The second-order valence-corrected chi connectivity index (χ2v) is 8.66. The van der Waals surface area contributed by atoms with E-state index in [0.29, 0.717) is 19.5 Å². The zero-order valence-electron chi connectivity index (χ0n) is 15.2. The molecule has 0 radical (unpaired) electrons. The van der Waals surface area contributed by atoms with E-state index in [1.807, 2.05) is 42.5 Å². The van der Waals surface area contributed by atoms with E-state index < -0.39 is 10.0 Å². The van der Waals surface area contributed by atoms with E-state index in [-0.39, 0.29) is 5.75 Å². The van der Waals surface area contributed by atoms with Crippen LogP contribution in [0.3, 0.4) is 0 Å². The standard InChI is InChI=1S/C20H26N2O3S/c1-25-20-9-7-19(8-10-20)17-21-12-14-22(15-13-21)26(23,24)16-11-18-5-3-2-4-6-18/h2-10H,11-17H2,1H3. The lowest BCUT2D eigenvalue weighted by molar-refractivity contribution is 0.181. The molecule has 1 fully saturated rings. The van der Waals surface area contributed by atoms with Gasteiger partial charge >= 0.3 is 0 Å². The zero-order chi connectivity index (χ0) is 18.4. The minimum absolute atomic E-state index is 0.176. The summed E-state index contributed by atoms with van der Waals surface area (Å²) in [4.78, 5) is 2.30. The van der Waals surface area contributed by atoms with Gasteiger partial charge in [-0.25, -0.2) is 8.42 Å². The summed E-state index contributed by atoms with van der Waals surface area (Å²) >= 11 is 0. The third-order valence-electron chi connectivity index (χ3n) is 4.78. The SMILES string of the molecule is COc1ccc(CN2CCN(S(=O)(=O)CCc3ccccc3)CC2)cc1. The molecular weight excluding hydrogens is 348 g/mol. The summed E-state index contributed by atoms with van der Waals surface area (Å²) in [5, 5.41) is 0. The number of nitrogens with zero attached hydrogens (tertiary/aromatic N) is 2. The van der Waals surface area contributed by atoms with Gasteiger partial charge in [0.1, 0.15) is 5.75 Å². The fourth-order valence-corrected chi connectivity index (χ4v) is 4.65. The molecule has 1 aliphatic heterocycles. The Balaban J connectivity index is 1.49. The lowest BCUT2D eigenvalue weighted by Gasteiger charge is -2.34. The van der Waals surface area contributed by atoms with Crippen molar-refractivity contribution in [1.29, 1.82) is 0 Å². The van der Waals surface area contributed by atoms with Crippen LogP contribution in [0.5, 0.6) is 5.75 Å². The molecule has 0 atom stereocenters. The quantitative estimate of drug-likeness (QED) is 0.747. The Morgan fingerprint density at radius 3 is 2.15 bits per heavy atom. The highest BCUT2D eigenvalue weighted by molar-refractivity contribution is 7.89. The molecule has 140 valence electrons. The van der Waals surface area contributed by atoms with Crippen molar-refractivity contribution in [3.05, 3.63) is 65.7 Å². The first-order valence-electron chi connectivity index (χ1n) is 8.94. The predicted octanol–water partition coefficient (Wildman–Crippen LogP) is 2.39. The van der Waals surface area contributed by atoms with Gasteiger partial charge < -0.3 is 4.74 Å². The molecule has 3 rings (SSSR count). The Hall–Kier alpha value is -1.89. The molecule has 0 aliphatic carbocycles. The highest BCUT2D eigenvalue weighted by Crippen LogP contribution is 2.15. The molecule has 0 spiro atoms. The number of hydrogen-bond donors (Lipinski definition) is 0. The summed E-state index contributed by atoms with van der Waals surface area (Å²) in [6.07, 6.45) is 0.565. The first-order chi connectivity index (χ1) is 12.6. The maximum Gasteiger partial charge on any atom is 0.214 e. The van der Waals surface area contributed by atoms with Gasteiger partial charge in [-0.15, -0.1) is 0 Å². The number of rotatable bonds is 7. The van der Waals surface area contributed by atoms with Crippen molar-refractivity contribution < 1.29 is 13.2 Å². The van der Waals surface area contributed by atoms with Gasteiger partial charge in [-0.05, 0) is 29.7 Å². The molecule has 0 aromatic heterocycles. The lowest BCUT2D eigenvalue weighted by atomic mass is 10.2. The fraction of sp³-hybridized carbons (Fsp3) is 0.400. The van der Waals surface area contributed by atoms with Gasteiger partial charge in [0.2, 0.25) is 10.0 Å². The van der Waals surface area contributed by atoms with E-state index in [4.69, 9.17) is 4.74 Å². The molecule has 2 aromatic carbocycles. The van der Waals surface area contributed by atoms with Crippen LogP contribution < -0.4 is 4.74 Å². The number of benzene rings is 2. The molecule has 6 heteroatoms. The van der Waals surface area contributed by atoms with Crippen LogP contribution in [-0.4, -0.2) is 56.7 Å². The van der Waals surface area contributed by atoms with Crippen LogP contribution in [0.2, 0.25) is 0 Å². The van der Waals surface area contributed by atoms with Gasteiger partial charge in [-0.3, -0.25) is 4.90 Å². The Kier molecular flexibility index (Phi) is 6.29. The van der Waals surface area contributed by atoms with E-state index in [0.717, 1.165) is 30.9 Å². The van der Waals surface area contributed by atoms with Crippen LogP contribution >= 0.6 is 0 Å². The average molecular weight is 375 g/mol. The predicted molar refractivity (Wildman–Crippen MR) is 104 cm³/mol. The van der Waals surface area contributed by atoms with Gasteiger partial charge in [0, 0.05) is 32.7 Å². The van der Waals surface area contributed by atoms with Crippen molar-refractivity contribution in [2.45, 2.75) is 13.0 Å². The fourth-order valence-electron chi connectivity index (χ4n) is 3.18. The summed E-state index contributed by atoms with van der Waals surface area (Å²) in [6, 6.07) is 17.8. The summed E-state index contributed by atoms with van der Waals surface area (Å²) in [6.45, 7) is 3.48. The molecular formula is C20H26N2O3S. The molecule has 0 bridgehead atoms. The first-order valence-corrected chi connectivity index (χ1v) is 10.5. The van der Waals surface area contributed by atoms with Crippen molar-refractivity contribution in [3.8, 4) is 5.75 Å². The topological polar surface area (TPSA) is 49.9 Å². The molecule has 0 amide bonds. The van der Waals surface area contributed by atoms with E-state index in [1.165, 1.54) is 5.56 Å². The minimum Gasteiger partial charge on any atom is -0.497 e. The first kappa shape index (κ1) is 18.9. The third-order valence-corrected chi connectivity index (χ3v) is 6.65. The van der Waals surface area contributed by atoms with Crippen LogP contribution in [0.4, 0.5) is 0 Å². The number of sulfonamides is 1. The van der Waals surface area contributed by atoms with Gasteiger partial charge in [0.15, 0.2) is 0 Å². The Morgan fingerprint density at radius 2 is 1.54 bits per heavy atom. The van der Waals surface area contributed by atoms with E-state index in [9.17, 15) is 8.42 Å². The molecule has 0 unspecified atom stereocenters. The van der Waals surface area contributed by atoms with Crippen LogP contribution in [0.1, 0.15) is 11.1 Å². The molecule has 0 N–H and O–H groups in total. The van der Waals surface area contributed by atoms with E-state index >= 15 is 0 Å². The number of methoxy groups -OCH3 is 1. The highest BCUT2D eigenvalue weighted by atomic mass is 32.2. The maximum absolute atomic E-state index is 12.6. The summed E-state index contributed by atoms with van der Waals surface area (Å²) < 4.78 is 32.0. The van der Waals surface area contributed by atoms with Crippen LogP contribution in [0.15, 0.2) is 54.6 Å². The summed E-state index contributed by atoms with van der Waals surface area (Å²) in [5.74, 6) is 1.03. The highest BCUT2D eigenvalue weighted by Gasteiger charge is 2.26. The van der Waals surface area contributed by atoms with Gasteiger partial charge in [0.05, 0.1) is 12.9 Å². The molecule has 5 nitrogen and oxygen atoms in total. The van der Waals surface area contributed by atoms with E-state index in [1.54, 1.807) is 11.4 Å². The van der Waals surface area contributed by atoms with Gasteiger partial charge in [0.25, 0.3) is 0 Å². The van der Waals surface area contributed by atoms with Crippen LogP contribution in [0, 0.1) is 0 Å². The summed E-state index contributed by atoms with van der Waals surface area (Å²) in [5.41, 5.74) is 2.28. The van der Waals surface area contributed by atoms with Crippen molar-refractivity contribution >= 4 is 10.0 Å². The number of aryl methyl sites for hydroxylation is 1. The summed E-state index contributed by atoms with van der Waals surface area (Å²) in [7, 11) is -1.54. The third kappa shape index (κ3) is 5.06. The van der Waals surface area contributed by atoms with Crippen molar-refractivity contribution in [1.82, 2.24) is 9.21 Å². The average Bonchev–Trinajstić information content (AvgIpc) is 2.68. The molecule has 1 saturated heterocycles. The monoisotopic (exact) mass is 374 g/mol. The van der Waals surface area contributed by atoms with Crippen molar-refractivity contribution in [2.24, 2.45) is 0 Å². The molecule has 26 heavy (non-hydrogen) atoms. The van der Waals surface area contributed by atoms with Gasteiger partial charge in [-0.1, -0.05) is 42.5 Å². The second-order valence-electron chi connectivity index (χ2n) is 6.57. The Bertz CT molecular complexity index is 784. The van der Waals surface area contributed by atoms with Crippen molar-refractivity contribution in [2.75, 3.05) is 39.0 Å². The Morgan fingerprint density at radius 1 is 0.885 bits per heavy atom. The van der Waals surface area contributed by atoms with Gasteiger partial charge in [-0.2, -0.15) is 4.31 Å². The normalized spacial score (nSPS) is 16.5. The minimum atomic E-state index is -3.20. The molecule has 2 aromatic rings. The number of ether oxygens (including phenoxy) is 1. The number of hydrogen-bond acceptors (Lipinski definition) is 4.